The Hall–Kier alpha value is -3.27. The maximum atomic E-state index is 13.5. The Morgan fingerprint density at radius 1 is 1.11 bits per heavy atom. The van der Waals surface area contributed by atoms with Crippen molar-refractivity contribution in [3.05, 3.63) is 90.7 Å². The molecule has 8 heteroatoms. The average molecular weight is 513 g/mol. The summed E-state index contributed by atoms with van der Waals surface area (Å²) in [5.74, 6) is -0.852. The van der Waals surface area contributed by atoms with Crippen LogP contribution in [-0.2, 0) is 6.54 Å². The van der Waals surface area contributed by atoms with Gasteiger partial charge in [-0.25, -0.2) is 0 Å². The highest BCUT2D eigenvalue weighted by atomic mass is 35.5. The van der Waals surface area contributed by atoms with Crippen LogP contribution in [0.1, 0.15) is 65.2 Å². The molecule has 0 aliphatic rings. The molecule has 3 rings (SSSR count). The van der Waals surface area contributed by atoms with E-state index in [4.69, 9.17) is 27.9 Å². The SMILES string of the molecule is CCCCCCOc1c(Cl)cc(C(=O)c2c(C)c(C#N)c(=O)n(Cc3ccccc3)c2O)cc1Cl. The van der Waals surface area contributed by atoms with Crippen LogP contribution in [0.25, 0.3) is 0 Å². The predicted molar refractivity (Wildman–Crippen MR) is 137 cm³/mol. The van der Waals surface area contributed by atoms with Gasteiger partial charge in [0.2, 0.25) is 5.88 Å². The molecule has 0 spiro atoms. The number of rotatable bonds is 10. The minimum atomic E-state index is -0.675. The van der Waals surface area contributed by atoms with Gasteiger partial charge in [0, 0.05) is 5.56 Å². The normalized spacial score (nSPS) is 10.7. The Morgan fingerprint density at radius 3 is 2.37 bits per heavy atom. The van der Waals surface area contributed by atoms with Crippen LogP contribution in [0.15, 0.2) is 47.3 Å². The first-order valence-electron chi connectivity index (χ1n) is 11.4. The third-order valence-corrected chi connectivity index (χ3v) is 6.28. The fourth-order valence-corrected chi connectivity index (χ4v) is 4.41. The van der Waals surface area contributed by atoms with Crippen LogP contribution in [0.2, 0.25) is 10.0 Å². The van der Waals surface area contributed by atoms with Crippen molar-refractivity contribution >= 4 is 29.0 Å². The standard InChI is InChI=1S/C27H26Cl2N2O4/c1-3-4-5-9-12-35-25-21(28)13-19(14-22(25)29)24(32)23-17(2)20(15-30)26(33)31(27(23)34)16-18-10-7-6-8-11-18/h6-8,10-11,13-14,34H,3-5,9,12,16H2,1-2H3. The Kier molecular flexibility index (Phi) is 8.97. The Labute approximate surface area is 214 Å². The van der Waals surface area contributed by atoms with E-state index in [-0.39, 0.29) is 44.6 Å². The highest BCUT2D eigenvalue weighted by Crippen LogP contribution is 2.36. The van der Waals surface area contributed by atoms with Gasteiger partial charge >= 0.3 is 0 Å². The zero-order valence-corrected chi connectivity index (χ0v) is 21.1. The van der Waals surface area contributed by atoms with Gasteiger partial charge in [0.25, 0.3) is 5.56 Å². The lowest BCUT2D eigenvalue weighted by Crippen LogP contribution is -2.27. The van der Waals surface area contributed by atoms with Gasteiger partial charge in [0.1, 0.15) is 11.6 Å². The van der Waals surface area contributed by atoms with Crippen molar-refractivity contribution in [1.82, 2.24) is 4.57 Å². The average Bonchev–Trinajstić information content (AvgIpc) is 2.84. The van der Waals surface area contributed by atoms with E-state index in [0.29, 0.717) is 6.61 Å². The smallest absolute Gasteiger partial charge is 0.271 e. The van der Waals surface area contributed by atoms with Gasteiger partial charge in [-0.15, -0.1) is 0 Å². The van der Waals surface area contributed by atoms with E-state index in [1.165, 1.54) is 19.1 Å². The number of aromatic hydroxyl groups is 1. The summed E-state index contributed by atoms with van der Waals surface area (Å²) in [6.07, 6.45) is 4.10. The molecular weight excluding hydrogens is 487 g/mol. The van der Waals surface area contributed by atoms with E-state index in [9.17, 15) is 20.0 Å². The van der Waals surface area contributed by atoms with Crippen LogP contribution in [0.4, 0.5) is 0 Å². The lowest BCUT2D eigenvalue weighted by Gasteiger charge is -2.16. The lowest BCUT2D eigenvalue weighted by atomic mass is 9.97. The number of hydrogen-bond donors (Lipinski definition) is 1. The Bertz CT molecular complexity index is 1300. The minimum Gasteiger partial charge on any atom is -0.494 e. The molecule has 182 valence electrons. The summed E-state index contributed by atoms with van der Waals surface area (Å²) in [4.78, 5) is 26.4. The quantitative estimate of drug-likeness (QED) is 0.255. The highest BCUT2D eigenvalue weighted by molar-refractivity contribution is 6.38. The number of halogens is 2. The first-order valence-corrected chi connectivity index (χ1v) is 12.1. The third-order valence-electron chi connectivity index (χ3n) is 5.72. The molecule has 0 amide bonds. The molecule has 1 N–H and O–H groups in total. The van der Waals surface area contributed by atoms with Gasteiger partial charge in [-0.1, -0.05) is 79.7 Å². The van der Waals surface area contributed by atoms with Gasteiger partial charge in [-0.05, 0) is 36.6 Å². The zero-order valence-electron chi connectivity index (χ0n) is 19.6. The monoisotopic (exact) mass is 512 g/mol. The Morgan fingerprint density at radius 2 is 1.77 bits per heavy atom. The molecule has 35 heavy (non-hydrogen) atoms. The van der Waals surface area contributed by atoms with Gasteiger partial charge < -0.3 is 9.84 Å². The van der Waals surface area contributed by atoms with E-state index in [1.807, 2.05) is 12.1 Å². The predicted octanol–water partition coefficient (Wildman–Crippen LogP) is 6.28. The summed E-state index contributed by atoms with van der Waals surface area (Å²) in [7, 11) is 0. The molecule has 6 nitrogen and oxygen atoms in total. The summed E-state index contributed by atoms with van der Waals surface area (Å²) < 4.78 is 6.75. The van der Waals surface area contributed by atoms with E-state index in [1.54, 1.807) is 24.3 Å². The molecule has 0 radical (unpaired) electrons. The molecule has 3 aromatic rings. The van der Waals surface area contributed by atoms with Crippen molar-refractivity contribution in [2.75, 3.05) is 6.61 Å². The number of ketones is 1. The van der Waals surface area contributed by atoms with Crippen LogP contribution < -0.4 is 10.3 Å². The Balaban J connectivity index is 2.00. The van der Waals surface area contributed by atoms with Crippen molar-refractivity contribution in [3.8, 4) is 17.7 Å². The maximum Gasteiger partial charge on any atom is 0.271 e. The fraction of sp³-hybridized carbons (Fsp3) is 0.296. The fourth-order valence-electron chi connectivity index (χ4n) is 3.81. The summed E-state index contributed by atoms with van der Waals surface area (Å²) in [6.45, 7) is 4.02. The largest absolute Gasteiger partial charge is 0.494 e. The third kappa shape index (κ3) is 5.87. The van der Waals surface area contributed by atoms with Crippen LogP contribution >= 0.6 is 23.2 Å². The van der Waals surface area contributed by atoms with E-state index in [2.05, 4.69) is 6.92 Å². The number of unbranched alkanes of at least 4 members (excludes halogenated alkanes) is 3. The van der Waals surface area contributed by atoms with Crippen LogP contribution in [0.3, 0.4) is 0 Å². The van der Waals surface area contributed by atoms with Crippen molar-refractivity contribution in [1.29, 1.82) is 5.26 Å². The number of carbonyl (C=O) groups is 1. The van der Waals surface area contributed by atoms with E-state index in [0.717, 1.165) is 35.8 Å². The second-order valence-corrected chi connectivity index (χ2v) is 9.01. The number of ether oxygens (including phenoxy) is 1. The molecule has 0 saturated heterocycles. The summed E-state index contributed by atoms with van der Waals surface area (Å²) >= 11 is 12.8. The first kappa shape index (κ1) is 26.3. The van der Waals surface area contributed by atoms with Crippen LogP contribution in [0, 0.1) is 18.3 Å². The molecule has 0 aliphatic heterocycles. The maximum absolute atomic E-state index is 13.5. The lowest BCUT2D eigenvalue weighted by molar-refractivity contribution is 0.103. The summed E-state index contributed by atoms with van der Waals surface area (Å²) in [6, 6.07) is 13.6. The summed E-state index contributed by atoms with van der Waals surface area (Å²) in [5.41, 5.74) is -0.129. The van der Waals surface area contributed by atoms with Crippen molar-refractivity contribution in [2.45, 2.75) is 46.1 Å². The number of nitriles is 1. The highest BCUT2D eigenvalue weighted by Gasteiger charge is 2.26. The molecule has 1 heterocycles. The molecule has 0 atom stereocenters. The number of aromatic nitrogens is 1. The molecule has 0 fully saturated rings. The zero-order chi connectivity index (χ0) is 25.5. The van der Waals surface area contributed by atoms with Gasteiger partial charge in [0.15, 0.2) is 11.5 Å². The molecule has 1 aromatic heterocycles. The second-order valence-electron chi connectivity index (χ2n) is 8.19. The minimum absolute atomic E-state index is 0.00688. The van der Waals surface area contributed by atoms with Crippen LogP contribution in [-0.4, -0.2) is 22.1 Å². The number of nitrogens with zero attached hydrogens (tertiary/aromatic N) is 2. The number of benzene rings is 2. The van der Waals surface area contributed by atoms with Gasteiger partial charge in [-0.3, -0.25) is 14.2 Å². The number of hydrogen-bond acceptors (Lipinski definition) is 5. The van der Waals surface area contributed by atoms with Gasteiger partial charge in [-0.2, -0.15) is 5.26 Å². The van der Waals surface area contributed by atoms with Crippen molar-refractivity contribution in [3.63, 3.8) is 0 Å². The summed E-state index contributed by atoms with van der Waals surface area (Å²) in [5, 5.41) is 20.9. The van der Waals surface area contributed by atoms with Gasteiger partial charge in [0.05, 0.1) is 28.8 Å². The first-order chi connectivity index (χ1) is 16.8. The van der Waals surface area contributed by atoms with E-state index < -0.39 is 17.2 Å². The van der Waals surface area contributed by atoms with Crippen molar-refractivity contribution in [2.24, 2.45) is 0 Å². The number of carbonyl (C=O) groups excluding carboxylic acids is 1. The van der Waals surface area contributed by atoms with Crippen LogP contribution in [0.5, 0.6) is 11.6 Å². The topological polar surface area (TPSA) is 92.3 Å². The molecule has 0 aliphatic carbocycles. The molecule has 0 unspecified atom stereocenters. The second kappa shape index (κ2) is 11.9. The molecular formula is C27H26Cl2N2O4. The molecule has 2 aromatic carbocycles. The molecule has 0 saturated carbocycles. The molecule has 0 bridgehead atoms. The number of pyridine rings is 1. The van der Waals surface area contributed by atoms with Crippen molar-refractivity contribution < 1.29 is 14.6 Å². The van der Waals surface area contributed by atoms with E-state index >= 15 is 0 Å².